The fourth-order valence-electron chi connectivity index (χ4n) is 1.82. The third-order valence-corrected chi connectivity index (χ3v) is 4.04. The van der Waals surface area contributed by atoms with Crippen LogP contribution in [0.2, 0.25) is 5.02 Å². The SMILES string of the molecule is CSCCC(NC(=O)c1ccccc1Cl)C(=O)NCC(C)(C)N.Cl. The molecular formula is C16H25Cl2N3O2S. The number of benzene rings is 1. The van der Waals surface area contributed by atoms with Gasteiger partial charge in [-0.2, -0.15) is 11.8 Å². The lowest BCUT2D eigenvalue weighted by Gasteiger charge is -2.23. The minimum atomic E-state index is -0.617. The molecule has 1 aromatic rings. The van der Waals surface area contributed by atoms with Crippen LogP contribution in [0.1, 0.15) is 30.6 Å². The Bertz CT molecular complexity index is 550. The molecule has 5 nitrogen and oxygen atoms in total. The summed E-state index contributed by atoms with van der Waals surface area (Å²) in [6, 6.07) is 6.14. The summed E-state index contributed by atoms with van der Waals surface area (Å²) in [6.45, 7) is 3.99. The van der Waals surface area contributed by atoms with Gasteiger partial charge in [0, 0.05) is 12.1 Å². The van der Waals surface area contributed by atoms with Crippen molar-refractivity contribution < 1.29 is 9.59 Å². The van der Waals surface area contributed by atoms with Crippen molar-refractivity contribution in [1.82, 2.24) is 10.6 Å². The predicted octanol–water partition coefficient (Wildman–Crippen LogP) is 2.47. The van der Waals surface area contributed by atoms with Crippen LogP contribution in [-0.4, -0.2) is 41.9 Å². The van der Waals surface area contributed by atoms with E-state index in [9.17, 15) is 9.59 Å². The summed E-state index contributed by atoms with van der Waals surface area (Å²) in [5.41, 5.74) is 5.72. The summed E-state index contributed by atoms with van der Waals surface area (Å²) in [5, 5.41) is 5.90. The molecule has 0 aliphatic rings. The van der Waals surface area contributed by atoms with E-state index in [4.69, 9.17) is 17.3 Å². The third-order valence-electron chi connectivity index (χ3n) is 3.07. The van der Waals surface area contributed by atoms with E-state index in [1.54, 1.807) is 36.0 Å². The lowest BCUT2D eigenvalue weighted by molar-refractivity contribution is -0.123. The lowest BCUT2D eigenvalue weighted by atomic mass is 10.1. The topological polar surface area (TPSA) is 84.2 Å². The number of halogens is 2. The largest absolute Gasteiger partial charge is 0.352 e. The molecule has 0 aliphatic heterocycles. The van der Waals surface area contributed by atoms with Crippen molar-refractivity contribution in [2.45, 2.75) is 31.8 Å². The quantitative estimate of drug-likeness (QED) is 0.633. The Hall–Kier alpha value is -0.950. The Morgan fingerprint density at radius 3 is 2.50 bits per heavy atom. The summed E-state index contributed by atoms with van der Waals surface area (Å²) >= 11 is 7.64. The van der Waals surface area contributed by atoms with E-state index < -0.39 is 11.6 Å². The maximum atomic E-state index is 12.3. The highest BCUT2D eigenvalue weighted by atomic mass is 35.5. The molecule has 0 aromatic heterocycles. The van der Waals surface area contributed by atoms with Crippen LogP contribution in [0.15, 0.2) is 24.3 Å². The molecule has 0 saturated carbocycles. The predicted molar refractivity (Wildman–Crippen MR) is 104 cm³/mol. The number of carbonyl (C=O) groups is 2. The highest BCUT2D eigenvalue weighted by molar-refractivity contribution is 7.98. The van der Waals surface area contributed by atoms with Gasteiger partial charge in [0.1, 0.15) is 6.04 Å². The van der Waals surface area contributed by atoms with E-state index in [1.807, 2.05) is 20.1 Å². The monoisotopic (exact) mass is 393 g/mol. The molecule has 24 heavy (non-hydrogen) atoms. The Morgan fingerprint density at radius 2 is 1.96 bits per heavy atom. The van der Waals surface area contributed by atoms with Gasteiger partial charge in [-0.05, 0) is 44.4 Å². The van der Waals surface area contributed by atoms with Crippen molar-refractivity contribution in [2.24, 2.45) is 5.73 Å². The molecule has 136 valence electrons. The fourth-order valence-corrected chi connectivity index (χ4v) is 2.52. The number of nitrogens with one attached hydrogen (secondary N) is 2. The molecule has 0 bridgehead atoms. The van der Waals surface area contributed by atoms with Crippen molar-refractivity contribution in [2.75, 3.05) is 18.6 Å². The maximum Gasteiger partial charge on any atom is 0.253 e. The van der Waals surface area contributed by atoms with Crippen LogP contribution in [0.4, 0.5) is 0 Å². The second kappa shape index (κ2) is 10.8. The second-order valence-electron chi connectivity index (χ2n) is 5.99. The summed E-state index contributed by atoms with van der Waals surface area (Å²) in [5.74, 6) is 0.161. The highest BCUT2D eigenvalue weighted by Gasteiger charge is 2.23. The first-order valence-corrected chi connectivity index (χ1v) is 9.12. The van der Waals surface area contributed by atoms with Crippen LogP contribution in [-0.2, 0) is 4.79 Å². The first-order valence-electron chi connectivity index (χ1n) is 7.35. The molecule has 8 heteroatoms. The van der Waals surface area contributed by atoms with Gasteiger partial charge >= 0.3 is 0 Å². The van der Waals surface area contributed by atoms with E-state index in [0.29, 0.717) is 23.6 Å². The molecule has 1 aromatic carbocycles. The molecule has 0 spiro atoms. The maximum absolute atomic E-state index is 12.3. The summed E-state index contributed by atoms with van der Waals surface area (Å²) in [6.07, 6.45) is 2.49. The lowest BCUT2D eigenvalue weighted by Crippen LogP contribution is -2.52. The van der Waals surface area contributed by atoms with Gasteiger partial charge in [-0.25, -0.2) is 0 Å². The zero-order valence-electron chi connectivity index (χ0n) is 14.1. The van der Waals surface area contributed by atoms with Gasteiger partial charge in [0.05, 0.1) is 10.6 Å². The number of amides is 2. The van der Waals surface area contributed by atoms with Gasteiger partial charge in [0.25, 0.3) is 5.91 Å². The third kappa shape index (κ3) is 8.24. The highest BCUT2D eigenvalue weighted by Crippen LogP contribution is 2.15. The van der Waals surface area contributed by atoms with E-state index in [0.717, 1.165) is 5.75 Å². The van der Waals surface area contributed by atoms with Crippen molar-refractivity contribution in [3.8, 4) is 0 Å². The van der Waals surface area contributed by atoms with Gasteiger partial charge in [-0.3, -0.25) is 9.59 Å². The van der Waals surface area contributed by atoms with Gasteiger partial charge in [0.15, 0.2) is 0 Å². The molecular weight excluding hydrogens is 369 g/mol. The molecule has 0 heterocycles. The molecule has 1 unspecified atom stereocenters. The van der Waals surface area contributed by atoms with Gasteiger partial charge < -0.3 is 16.4 Å². The normalized spacial score (nSPS) is 12.0. The van der Waals surface area contributed by atoms with Gasteiger partial charge in [0.2, 0.25) is 5.91 Å². The minimum Gasteiger partial charge on any atom is -0.352 e. The van der Waals surface area contributed by atoms with Crippen molar-refractivity contribution >= 4 is 47.6 Å². The Balaban J connectivity index is 0.00000529. The zero-order valence-corrected chi connectivity index (χ0v) is 16.5. The van der Waals surface area contributed by atoms with E-state index >= 15 is 0 Å². The number of nitrogens with two attached hydrogens (primary N) is 1. The number of hydrogen-bond donors (Lipinski definition) is 3. The zero-order chi connectivity index (χ0) is 17.5. The molecule has 0 fully saturated rings. The van der Waals surface area contributed by atoms with Crippen molar-refractivity contribution in [3.63, 3.8) is 0 Å². The smallest absolute Gasteiger partial charge is 0.253 e. The standard InChI is InChI=1S/C16H24ClN3O2S.ClH/c1-16(2,18)10-19-15(22)13(8-9-23-3)20-14(21)11-6-4-5-7-12(11)17;/h4-7,13H,8-10,18H2,1-3H3,(H,19,22)(H,20,21);1H. The molecule has 0 saturated heterocycles. The number of carbonyl (C=O) groups excluding carboxylic acids is 2. The average molecular weight is 394 g/mol. The van der Waals surface area contributed by atoms with Gasteiger partial charge in [-0.1, -0.05) is 23.7 Å². The number of rotatable bonds is 8. The first kappa shape index (κ1) is 23.1. The molecule has 2 amide bonds. The van der Waals surface area contributed by atoms with Crippen LogP contribution in [0, 0.1) is 0 Å². The summed E-state index contributed by atoms with van der Waals surface area (Å²) < 4.78 is 0. The Morgan fingerprint density at radius 1 is 1.33 bits per heavy atom. The van der Waals surface area contributed by atoms with Crippen LogP contribution >= 0.6 is 35.8 Å². The molecule has 0 radical (unpaired) electrons. The van der Waals surface area contributed by atoms with Crippen molar-refractivity contribution in [1.29, 1.82) is 0 Å². The van der Waals surface area contributed by atoms with E-state index in [2.05, 4.69) is 10.6 Å². The molecule has 0 aliphatic carbocycles. The van der Waals surface area contributed by atoms with Crippen LogP contribution in [0.5, 0.6) is 0 Å². The van der Waals surface area contributed by atoms with Crippen molar-refractivity contribution in [3.05, 3.63) is 34.9 Å². The Kier molecular flexibility index (Phi) is 10.4. The van der Waals surface area contributed by atoms with Gasteiger partial charge in [-0.15, -0.1) is 12.4 Å². The fraction of sp³-hybridized carbons (Fsp3) is 0.500. The van der Waals surface area contributed by atoms with E-state index in [-0.39, 0.29) is 24.2 Å². The Labute approximate surface area is 158 Å². The molecule has 1 atom stereocenters. The summed E-state index contributed by atoms with van der Waals surface area (Å²) in [7, 11) is 0. The number of hydrogen-bond acceptors (Lipinski definition) is 4. The first-order chi connectivity index (χ1) is 10.7. The summed E-state index contributed by atoms with van der Waals surface area (Å²) in [4.78, 5) is 24.7. The molecule has 1 rings (SSSR count). The van der Waals surface area contributed by atoms with Crippen LogP contribution in [0.25, 0.3) is 0 Å². The molecule has 4 N–H and O–H groups in total. The minimum absolute atomic E-state index is 0. The van der Waals surface area contributed by atoms with E-state index in [1.165, 1.54) is 0 Å². The van der Waals surface area contributed by atoms with Crippen LogP contribution < -0.4 is 16.4 Å². The second-order valence-corrected chi connectivity index (χ2v) is 7.39. The number of thioether (sulfide) groups is 1. The average Bonchev–Trinajstić information content (AvgIpc) is 2.48. The van der Waals surface area contributed by atoms with Crippen LogP contribution in [0.3, 0.4) is 0 Å².